The highest BCUT2D eigenvalue weighted by Gasteiger charge is 2.47. The molecule has 0 aliphatic rings. The second kappa shape index (κ2) is 7.51. The van der Waals surface area contributed by atoms with Crippen molar-refractivity contribution in [1.82, 2.24) is 0 Å². The van der Waals surface area contributed by atoms with Crippen molar-refractivity contribution in [2.24, 2.45) is 5.73 Å². The van der Waals surface area contributed by atoms with Crippen molar-refractivity contribution in [2.45, 2.75) is 25.9 Å². The first-order valence-corrected chi connectivity index (χ1v) is 9.51. The van der Waals surface area contributed by atoms with Gasteiger partial charge in [0.15, 0.2) is 0 Å². The minimum absolute atomic E-state index is 0.394. The predicted molar refractivity (Wildman–Crippen MR) is 64.8 cm³/mol. The molecule has 1 unspecified atom stereocenters. The van der Waals surface area contributed by atoms with E-state index >= 15 is 0 Å². The van der Waals surface area contributed by atoms with Crippen LogP contribution in [0.1, 0.15) is 13.3 Å². The van der Waals surface area contributed by atoms with Crippen LogP contribution in [0.3, 0.4) is 0 Å². The van der Waals surface area contributed by atoms with Crippen molar-refractivity contribution >= 4 is 17.6 Å². The first kappa shape index (κ1) is 16.2. The molecule has 0 aliphatic heterocycles. The second-order valence-electron chi connectivity index (χ2n) is 3.41. The van der Waals surface area contributed by atoms with Crippen LogP contribution in [0.5, 0.6) is 0 Å². The van der Waals surface area contributed by atoms with Gasteiger partial charge < -0.3 is 27.9 Å². The molecule has 0 spiro atoms. The van der Waals surface area contributed by atoms with E-state index in [4.69, 9.17) is 23.1 Å². The van der Waals surface area contributed by atoms with Crippen LogP contribution in [0, 0.1) is 0 Å². The van der Waals surface area contributed by atoms with E-state index in [0.29, 0.717) is 25.6 Å². The van der Waals surface area contributed by atoms with Crippen molar-refractivity contribution in [2.75, 3.05) is 27.4 Å². The van der Waals surface area contributed by atoms with Gasteiger partial charge >= 0.3 is 17.6 Å². The van der Waals surface area contributed by atoms with Gasteiger partial charge in [0, 0.05) is 33.4 Å². The van der Waals surface area contributed by atoms with Crippen molar-refractivity contribution in [1.29, 1.82) is 0 Å². The van der Waals surface area contributed by atoms with Crippen LogP contribution in [0.4, 0.5) is 0 Å². The Hall–Kier alpha value is 0.194. The molecule has 0 aliphatic carbocycles. The van der Waals surface area contributed by atoms with Gasteiger partial charge in [0.1, 0.15) is 0 Å². The summed E-state index contributed by atoms with van der Waals surface area (Å²) in [5.74, 6) is 0. The molecule has 0 amide bonds. The maximum Gasteiger partial charge on any atom is 0.490 e. The topological polar surface area (TPSA) is 83.2 Å². The van der Waals surface area contributed by atoms with Crippen LogP contribution in [0.15, 0.2) is 0 Å². The lowest BCUT2D eigenvalue weighted by molar-refractivity contribution is 0.0942. The molecule has 8 heteroatoms. The third kappa shape index (κ3) is 5.50. The Morgan fingerprint density at radius 2 is 1.81 bits per heavy atom. The van der Waals surface area contributed by atoms with Gasteiger partial charge in [0.25, 0.3) is 0 Å². The molecule has 0 aromatic rings. The van der Waals surface area contributed by atoms with E-state index in [1.54, 1.807) is 6.55 Å². The third-order valence-corrected chi connectivity index (χ3v) is 8.12. The summed E-state index contributed by atoms with van der Waals surface area (Å²) in [5, 5.41) is 0. The maximum atomic E-state index is 10.3. The summed E-state index contributed by atoms with van der Waals surface area (Å²) in [6.45, 7) is 4.41. The Morgan fingerprint density at radius 3 is 2.19 bits per heavy atom. The minimum Gasteiger partial charge on any atom is -0.390 e. The van der Waals surface area contributed by atoms with E-state index in [0.717, 1.165) is 0 Å². The zero-order chi connectivity index (χ0) is 12.7. The molecule has 0 bridgehead atoms. The summed E-state index contributed by atoms with van der Waals surface area (Å²) in [4.78, 5) is 10.3. The molecule has 0 fully saturated rings. The van der Waals surface area contributed by atoms with Gasteiger partial charge in [-0.05, 0) is 19.9 Å². The van der Waals surface area contributed by atoms with E-state index < -0.39 is 17.6 Å². The molecule has 0 rings (SSSR count). The van der Waals surface area contributed by atoms with Crippen LogP contribution in [-0.2, 0) is 17.4 Å². The average Bonchev–Trinajstić information content (AvgIpc) is 2.26. The molecule has 1 atom stereocenters. The molecular formula is C8H23NO5Si2. The van der Waals surface area contributed by atoms with E-state index in [1.165, 1.54) is 14.2 Å². The molecule has 98 valence electrons. The first-order valence-electron chi connectivity index (χ1n) is 5.32. The molecular weight excluding hydrogens is 246 g/mol. The third-order valence-electron chi connectivity index (χ3n) is 2.15. The van der Waals surface area contributed by atoms with Crippen LogP contribution in [0.2, 0.25) is 12.6 Å². The van der Waals surface area contributed by atoms with Crippen molar-refractivity contribution < 1.29 is 22.2 Å². The molecule has 3 N–H and O–H groups in total. The Labute approximate surface area is 99.4 Å². The van der Waals surface area contributed by atoms with Crippen molar-refractivity contribution in [3.05, 3.63) is 0 Å². The lowest BCUT2D eigenvalue weighted by Gasteiger charge is -2.31. The molecule has 0 saturated carbocycles. The zero-order valence-corrected chi connectivity index (χ0v) is 12.5. The standard InChI is InChI=1S/C8H23NO5Si2/c1-5-13-16(10,8-6-7-9)14-15(4,11-2)12-3/h10H,5-9H2,1-4H3. The average molecular weight is 269 g/mol. The fourth-order valence-corrected chi connectivity index (χ4v) is 6.20. The number of hydrogen-bond acceptors (Lipinski definition) is 6. The lowest BCUT2D eigenvalue weighted by atomic mass is 10.5. The highest BCUT2D eigenvalue weighted by molar-refractivity contribution is 6.73. The van der Waals surface area contributed by atoms with Gasteiger partial charge in [-0.2, -0.15) is 0 Å². The quantitative estimate of drug-likeness (QED) is 0.581. The van der Waals surface area contributed by atoms with Crippen LogP contribution < -0.4 is 5.73 Å². The minimum atomic E-state index is -3.22. The van der Waals surface area contributed by atoms with Gasteiger partial charge in [-0.25, -0.2) is 0 Å². The number of hydrogen-bond donors (Lipinski definition) is 2. The highest BCUT2D eigenvalue weighted by atomic mass is 28.5. The zero-order valence-electron chi connectivity index (χ0n) is 10.5. The maximum absolute atomic E-state index is 10.3. The normalized spacial score (nSPS) is 16.1. The Morgan fingerprint density at radius 1 is 1.25 bits per heavy atom. The fourth-order valence-electron chi connectivity index (χ4n) is 1.16. The van der Waals surface area contributed by atoms with Gasteiger partial charge in [-0.1, -0.05) is 0 Å². The fraction of sp³-hybridized carbons (Fsp3) is 1.00. The first-order chi connectivity index (χ1) is 7.45. The van der Waals surface area contributed by atoms with E-state index in [1.807, 2.05) is 6.92 Å². The second-order valence-corrected chi connectivity index (χ2v) is 8.98. The van der Waals surface area contributed by atoms with E-state index in [2.05, 4.69) is 0 Å². The summed E-state index contributed by atoms with van der Waals surface area (Å²) in [6.07, 6.45) is 0.653. The SMILES string of the molecule is CCO[Si](O)(CCCN)O[Si](C)(OC)OC. The molecule has 6 nitrogen and oxygen atoms in total. The Balaban J connectivity index is 4.51. The number of rotatable bonds is 9. The van der Waals surface area contributed by atoms with Gasteiger partial charge in [-0.3, -0.25) is 0 Å². The van der Waals surface area contributed by atoms with Gasteiger partial charge in [0.05, 0.1) is 0 Å². The van der Waals surface area contributed by atoms with E-state index in [9.17, 15) is 4.80 Å². The molecule has 0 radical (unpaired) electrons. The monoisotopic (exact) mass is 269 g/mol. The largest absolute Gasteiger partial charge is 0.490 e. The molecule has 0 aromatic carbocycles. The molecule has 0 aromatic heterocycles. The van der Waals surface area contributed by atoms with Gasteiger partial charge in [0.2, 0.25) is 0 Å². The lowest BCUT2D eigenvalue weighted by Crippen LogP contribution is -2.55. The summed E-state index contributed by atoms with van der Waals surface area (Å²) in [6, 6.07) is 0.423. The predicted octanol–water partition coefficient (Wildman–Crippen LogP) is 0.181. The summed E-state index contributed by atoms with van der Waals surface area (Å²) in [7, 11) is -2.99. The smallest absolute Gasteiger partial charge is 0.390 e. The van der Waals surface area contributed by atoms with Crippen LogP contribution >= 0.6 is 0 Å². The summed E-state index contributed by atoms with van der Waals surface area (Å²) < 4.78 is 21.2. The summed E-state index contributed by atoms with van der Waals surface area (Å²) >= 11 is 0. The number of nitrogens with two attached hydrogens (primary N) is 1. The highest BCUT2D eigenvalue weighted by Crippen LogP contribution is 2.19. The molecule has 0 saturated heterocycles. The summed E-state index contributed by atoms with van der Waals surface area (Å²) in [5.41, 5.74) is 5.41. The Bertz CT molecular complexity index is 193. The molecule has 0 heterocycles. The molecule has 16 heavy (non-hydrogen) atoms. The Kier molecular flexibility index (Phi) is 7.60. The van der Waals surface area contributed by atoms with Crippen molar-refractivity contribution in [3.8, 4) is 0 Å². The van der Waals surface area contributed by atoms with Crippen molar-refractivity contribution in [3.63, 3.8) is 0 Å². The van der Waals surface area contributed by atoms with E-state index in [-0.39, 0.29) is 0 Å². The van der Waals surface area contributed by atoms with Crippen LogP contribution in [-0.4, -0.2) is 49.8 Å². The van der Waals surface area contributed by atoms with Crippen LogP contribution in [0.25, 0.3) is 0 Å². The van der Waals surface area contributed by atoms with Gasteiger partial charge in [-0.15, -0.1) is 0 Å².